The van der Waals surface area contributed by atoms with Gasteiger partial charge in [0.05, 0.1) is 12.2 Å². The molecule has 0 aliphatic carbocycles. The highest BCUT2D eigenvalue weighted by atomic mass is 19.1. The van der Waals surface area contributed by atoms with Gasteiger partial charge < -0.3 is 15.7 Å². The molecule has 0 aromatic heterocycles. The number of anilines is 1. The van der Waals surface area contributed by atoms with Crippen molar-refractivity contribution in [2.75, 3.05) is 11.9 Å². The lowest BCUT2D eigenvalue weighted by molar-refractivity contribution is -0.115. The highest BCUT2D eigenvalue weighted by Gasteiger charge is 2.16. The van der Waals surface area contributed by atoms with Crippen molar-refractivity contribution in [2.24, 2.45) is 0 Å². The van der Waals surface area contributed by atoms with E-state index in [0.717, 1.165) is 11.6 Å². The lowest BCUT2D eigenvalue weighted by atomic mass is 9.87. The van der Waals surface area contributed by atoms with Crippen molar-refractivity contribution < 1.29 is 19.1 Å². The number of phenols is 1. The molecule has 0 unspecified atom stereocenters. The van der Waals surface area contributed by atoms with Crippen molar-refractivity contribution in [2.45, 2.75) is 26.2 Å². The fraction of sp³-hybridized carbons (Fsp3) is 0.263. The van der Waals surface area contributed by atoms with Crippen LogP contribution in [0.2, 0.25) is 0 Å². The van der Waals surface area contributed by atoms with Gasteiger partial charge in [0.2, 0.25) is 5.91 Å². The summed E-state index contributed by atoms with van der Waals surface area (Å²) in [6, 6.07) is 10.2. The Balaban J connectivity index is 2.00. The minimum Gasteiger partial charge on any atom is -0.506 e. The van der Waals surface area contributed by atoms with Gasteiger partial charge in [-0.25, -0.2) is 4.39 Å². The van der Waals surface area contributed by atoms with Gasteiger partial charge >= 0.3 is 0 Å². The van der Waals surface area contributed by atoms with Crippen LogP contribution in [0, 0.1) is 5.82 Å². The summed E-state index contributed by atoms with van der Waals surface area (Å²) in [5, 5.41) is 14.9. The van der Waals surface area contributed by atoms with E-state index in [2.05, 4.69) is 10.6 Å². The SMILES string of the molecule is CC(C)(C)c1ccc(O)c(NC(=O)CNC(=O)c2cccc(F)c2)c1. The number of hydrogen-bond donors (Lipinski definition) is 3. The first-order valence-corrected chi connectivity index (χ1v) is 7.84. The molecular formula is C19H21FN2O3. The molecule has 2 amide bonds. The number of amides is 2. The Morgan fingerprint density at radius 1 is 1.12 bits per heavy atom. The summed E-state index contributed by atoms with van der Waals surface area (Å²) in [7, 11) is 0. The van der Waals surface area contributed by atoms with E-state index in [9.17, 15) is 19.1 Å². The summed E-state index contributed by atoms with van der Waals surface area (Å²) in [6.07, 6.45) is 0. The van der Waals surface area contributed by atoms with Gasteiger partial charge in [0.1, 0.15) is 11.6 Å². The molecule has 0 saturated heterocycles. The summed E-state index contributed by atoms with van der Waals surface area (Å²) in [5.74, 6) is -1.63. The summed E-state index contributed by atoms with van der Waals surface area (Å²) in [4.78, 5) is 23.9. The van der Waals surface area contributed by atoms with Gasteiger partial charge in [-0.3, -0.25) is 9.59 Å². The maximum Gasteiger partial charge on any atom is 0.251 e. The molecule has 0 atom stereocenters. The summed E-state index contributed by atoms with van der Waals surface area (Å²) in [6.45, 7) is 5.76. The van der Waals surface area contributed by atoms with E-state index in [1.165, 1.54) is 24.3 Å². The topological polar surface area (TPSA) is 78.4 Å². The van der Waals surface area contributed by atoms with E-state index in [1.54, 1.807) is 12.1 Å². The van der Waals surface area contributed by atoms with Gasteiger partial charge in [0, 0.05) is 5.56 Å². The Morgan fingerprint density at radius 3 is 2.48 bits per heavy atom. The normalized spacial score (nSPS) is 11.0. The molecule has 0 radical (unpaired) electrons. The van der Waals surface area contributed by atoms with Gasteiger partial charge in [0.15, 0.2) is 0 Å². The molecule has 2 aromatic rings. The molecule has 6 heteroatoms. The Labute approximate surface area is 145 Å². The maximum absolute atomic E-state index is 13.1. The molecule has 25 heavy (non-hydrogen) atoms. The smallest absolute Gasteiger partial charge is 0.251 e. The highest BCUT2D eigenvalue weighted by Crippen LogP contribution is 2.30. The van der Waals surface area contributed by atoms with Gasteiger partial charge in [-0.05, 0) is 41.3 Å². The summed E-state index contributed by atoms with van der Waals surface area (Å²) < 4.78 is 13.1. The maximum atomic E-state index is 13.1. The van der Waals surface area contributed by atoms with Crippen molar-refractivity contribution in [1.82, 2.24) is 5.32 Å². The first kappa shape index (κ1) is 18.4. The van der Waals surface area contributed by atoms with Crippen LogP contribution in [0.3, 0.4) is 0 Å². The second-order valence-corrected chi connectivity index (χ2v) is 6.72. The first-order chi connectivity index (χ1) is 11.7. The van der Waals surface area contributed by atoms with Crippen LogP contribution in [0.5, 0.6) is 5.75 Å². The molecule has 0 aliphatic rings. The molecule has 0 saturated carbocycles. The molecule has 132 valence electrons. The largest absolute Gasteiger partial charge is 0.506 e. The quantitative estimate of drug-likeness (QED) is 0.745. The third kappa shape index (κ3) is 5.04. The van der Waals surface area contributed by atoms with Crippen LogP contribution in [0.1, 0.15) is 36.7 Å². The average molecular weight is 344 g/mol. The number of phenolic OH excluding ortho intramolecular Hbond substituents is 1. The van der Waals surface area contributed by atoms with E-state index in [0.29, 0.717) is 0 Å². The van der Waals surface area contributed by atoms with Crippen molar-refractivity contribution in [3.8, 4) is 5.75 Å². The number of benzene rings is 2. The van der Waals surface area contributed by atoms with E-state index < -0.39 is 17.6 Å². The zero-order chi connectivity index (χ0) is 18.6. The van der Waals surface area contributed by atoms with Crippen LogP contribution in [0.4, 0.5) is 10.1 Å². The predicted molar refractivity (Wildman–Crippen MR) is 94.2 cm³/mol. The molecule has 0 heterocycles. The van der Waals surface area contributed by atoms with Gasteiger partial charge in [0.25, 0.3) is 5.91 Å². The summed E-state index contributed by atoms with van der Waals surface area (Å²) >= 11 is 0. The van der Waals surface area contributed by atoms with Crippen LogP contribution < -0.4 is 10.6 Å². The van der Waals surface area contributed by atoms with Gasteiger partial charge in [-0.2, -0.15) is 0 Å². The number of hydrogen-bond acceptors (Lipinski definition) is 3. The van der Waals surface area contributed by atoms with Crippen molar-refractivity contribution >= 4 is 17.5 Å². The number of aromatic hydroxyl groups is 1. The summed E-state index contributed by atoms with van der Waals surface area (Å²) in [5.41, 5.74) is 1.21. The van der Waals surface area contributed by atoms with Crippen LogP contribution in [-0.2, 0) is 10.2 Å². The minimum absolute atomic E-state index is 0.0576. The molecule has 5 nitrogen and oxygen atoms in total. The van der Waals surface area contributed by atoms with E-state index in [-0.39, 0.29) is 29.0 Å². The molecule has 3 N–H and O–H groups in total. The number of carbonyl (C=O) groups excluding carboxylic acids is 2. The van der Waals surface area contributed by atoms with Crippen LogP contribution in [0.25, 0.3) is 0 Å². The average Bonchev–Trinajstić information content (AvgIpc) is 2.53. The Hall–Kier alpha value is -2.89. The molecule has 0 fully saturated rings. The lowest BCUT2D eigenvalue weighted by Crippen LogP contribution is -2.33. The lowest BCUT2D eigenvalue weighted by Gasteiger charge is -2.20. The fourth-order valence-corrected chi connectivity index (χ4v) is 2.19. The molecule has 2 aromatic carbocycles. The predicted octanol–water partition coefficient (Wildman–Crippen LogP) is 3.20. The third-order valence-electron chi connectivity index (χ3n) is 3.63. The molecule has 2 rings (SSSR count). The van der Waals surface area contributed by atoms with Crippen LogP contribution in [-0.4, -0.2) is 23.5 Å². The second-order valence-electron chi connectivity index (χ2n) is 6.72. The fourth-order valence-electron chi connectivity index (χ4n) is 2.19. The standard InChI is InChI=1S/C19H21FN2O3/c1-19(2,3)13-7-8-16(23)15(10-13)22-17(24)11-21-18(25)12-5-4-6-14(20)9-12/h4-10,23H,11H2,1-3H3,(H,21,25)(H,22,24). The first-order valence-electron chi connectivity index (χ1n) is 7.84. The minimum atomic E-state index is -0.553. The van der Waals surface area contributed by atoms with E-state index >= 15 is 0 Å². The molecular weight excluding hydrogens is 323 g/mol. The van der Waals surface area contributed by atoms with Crippen molar-refractivity contribution in [3.63, 3.8) is 0 Å². The van der Waals surface area contributed by atoms with Crippen molar-refractivity contribution in [1.29, 1.82) is 0 Å². The van der Waals surface area contributed by atoms with Crippen LogP contribution >= 0.6 is 0 Å². The monoisotopic (exact) mass is 344 g/mol. The van der Waals surface area contributed by atoms with Gasteiger partial charge in [-0.15, -0.1) is 0 Å². The zero-order valence-corrected chi connectivity index (χ0v) is 14.4. The van der Waals surface area contributed by atoms with E-state index in [1.807, 2.05) is 20.8 Å². The Kier molecular flexibility index (Phi) is 5.41. The molecule has 0 spiro atoms. The number of carbonyl (C=O) groups is 2. The number of rotatable bonds is 4. The zero-order valence-electron chi connectivity index (χ0n) is 14.4. The third-order valence-corrected chi connectivity index (χ3v) is 3.63. The van der Waals surface area contributed by atoms with Crippen LogP contribution in [0.15, 0.2) is 42.5 Å². The molecule has 0 aliphatic heterocycles. The highest BCUT2D eigenvalue weighted by molar-refractivity contribution is 5.99. The van der Waals surface area contributed by atoms with Gasteiger partial charge in [-0.1, -0.05) is 32.9 Å². The Morgan fingerprint density at radius 2 is 1.84 bits per heavy atom. The van der Waals surface area contributed by atoms with E-state index in [4.69, 9.17) is 0 Å². The Bertz CT molecular complexity index is 797. The second kappa shape index (κ2) is 7.34. The van der Waals surface area contributed by atoms with Crippen molar-refractivity contribution in [3.05, 3.63) is 59.4 Å². The molecule has 0 bridgehead atoms. The number of halogens is 1. The number of nitrogens with one attached hydrogen (secondary N) is 2.